The third kappa shape index (κ3) is 12.1. The Bertz CT molecular complexity index is 954. The molecule has 1 rings (SSSR count). The number of aliphatic imine (C=N–C) groups is 1. The predicted octanol–water partition coefficient (Wildman–Crippen LogP) is -3.33. The Labute approximate surface area is 217 Å². The topological polar surface area (TPSA) is 281 Å². The van der Waals surface area contributed by atoms with Crippen molar-refractivity contribution in [2.75, 3.05) is 12.3 Å². The average molecular weight is 544 g/mol. The molecule has 0 spiro atoms. The highest BCUT2D eigenvalue weighted by Gasteiger charge is 2.30. The van der Waals surface area contributed by atoms with E-state index < -0.39 is 60.2 Å². The first-order valence-corrected chi connectivity index (χ1v) is 11.8. The molecule has 1 heterocycles. The number of carbonyl (C=O) groups excluding carboxylic acids is 3. The summed E-state index contributed by atoms with van der Waals surface area (Å²) in [7, 11) is 0. The van der Waals surface area contributed by atoms with Gasteiger partial charge in [0.25, 0.3) is 0 Å². The molecule has 1 aromatic heterocycles. The number of carboxylic acids is 2. The molecule has 3 amide bonds. The number of aliphatic carboxylic acids is 2. The van der Waals surface area contributed by atoms with Crippen molar-refractivity contribution >= 4 is 48.2 Å². The van der Waals surface area contributed by atoms with Gasteiger partial charge in [0, 0.05) is 37.0 Å². The zero-order valence-corrected chi connectivity index (χ0v) is 20.8. The maximum absolute atomic E-state index is 12.9. The van der Waals surface area contributed by atoms with Gasteiger partial charge in [-0.1, -0.05) is 0 Å². The molecule has 12 N–H and O–H groups in total. The smallest absolute Gasteiger partial charge is 0.326 e. The minimum absolute atomic E-state index is 0.00615. The number of carbonyl (C=O) groups is 5. The molecule has 0 aliphatic heterocycles. The van der Waals surface area contributed by atoms with E-state index in [0.29, 0.717) is 5.69 Å². The second-order valence-corrected chi connectivity index (χ2v) is 8.34. The zero-order valence-electron chi connectivity index (χ0n) is 19.9. The minimum Gasteiger partial charge on any atom is -0.481 e. The first-order chi connectivity index (χ1) is 17.4. The van der Waals surface area contributed by atoms with E-state index in [-0.39, 0.29) is 43.9 Å². The van der Waals surface area contributed by atoms with Crippen LogP contribution in [0.2, 0.25) is 0 Å². The fraction of sp³-hybridized carbons (Fsp3) is 0.550. The third-order valence-electron chi connectivity index (χ3n) is 4.99. The SMILES string of the molecule is NC(N)=NCCCC(NC(=O)C(CS)NC(=O)C(N)Cc1cnc[nH]1)C(=O)NC(CCC(=O)O)C(=O)O. The Hall–Kier alpha value is -3.86. The number of hydrogen-bond donors (Lipinski definition) is 10. The van der Waals surface area contributed by atoms with Crippen LogP contribution >= 0.6 is 12.6 Å². The highest BCUT2D eigenvalue weighted by atomic mass is 32.1. The number of amides is 3. The van der Waals surface area contributed by atoms with Crippen LogP contribution in [0.4, 0.5) is 0 Å². The number of aromatic nitrogens is 2. The number of thiol groups is 1. The summed E-state index contributed by atoms with van der Waals surface area (Å²) in [4.78, 5) is 70.9. The summed E-state index contributed by atoms with van der Waals surface area (Å²) < 4.78 is 0. The second kappa shape index (κ2) is 16.0. The summed E-state index contributed by atoms with van der Waals surface area (Å²) in [6.07, 6.45) is 2.44. The van der Waals surface area contributed by atoms with Crippen LogP contribution in [0.3, 0.4) is 0 Å². The number of aromatic amines is 1. The number of nitrogens with zero attached hydrogens (tertiary/aromatic N) is 2. The molecule has 17 heteroatoms. The van der Waals surface area contributed by atoms with Gasteiger partial charge < -0.3 is 48.3 Å². The number of nitrogens with one attached hydrogen (secondary N) is 4. The first kappa shape index (κ1) is 31.2. The lowest BCUT2D eigenvalue weighted by atomic mass is 10.1. The highest BCUT2D eigenvalue weighted by molar-refractivity contribution is 7.80. The maximum Gasteiger partial charge on any atom is 0.326 e. The number of nitrogens with two attached hydrogens (primary N) is 3. The monoisotopic (exact) mass is 543 g/mol. The molecule has 37 heavy (non-hydrogen) atoms. The molecule has 0 aromatic carbocycles. The standard InChI is InChI=1S/C20H33N9O7S/c21-11(6-10-7-24-9-26-10)16(32)29-14(8-37)18(34)27-12(2-1-5-25-20(22)23)17(33)28-13(19(35)36)3-4-15(30)31/h7,9,11-14,37H,1-6,8,21H2,(H,24,26)(H,27,34)(H,28,33)(H,29,32)(H,30,31)(H,35,36)(H4,22,23,25). The van der Waals surface area contributed by atoms with Crippen LogP contribution in [0.25, 0.3) is 0 Å². The lowest BCUT2D eigenvalue weighted by Gasteiger charge is -2.24. The van der Waals surface area contributed by atoms with Crippen molar-refractivity contribution in [3.63, 3.8) is 0 Å². The second-order valence-electron chi connectivity index (χ2n) is 7.97. The van der Waals surface area contributed by atoms with E-state index in [1.165, 1.54) is 12.5 Å². The van der Waals surface area contributed by atoms with Crippen LogP contribution in [0.1, 0.15) is 31.4 Å². The molecule has 0 radical (unpaired) electrons. The minimum atomic E-state index is -1.50. The summed E-state index contributed by atoms with van der Waals surface area (Å²) in [5.74, 6) is -5.25. The molecule has 0 aliphatic carbocycles. The van der Waals surface area contributed by atoms with Gasteiger partial charge in [0.05, 0.1) is 12.4 Å². The Morgan fingerprint density at radius 3 is 2.16 bits per heavy atom. The van der Waals surface area contributed by atoms with Crippen molar-refractivity contribution in [2.45, 2.75) is 56.3 Å². The number of carboxylic acid groups (broad SMARTS) is 2. The van der Waals surface area contributed by atoms with Gasteiger partial charge >= 0.3 is 11.9 Å². The van der Waals surface area contributed by atoms with Gasteiger partial charge in [-0.05, 0) is 19.3 Å². The molecule has 0 saturated heterocycles. The van der Waals surface area contributed by atoms with Crippen LogP contribution in [0, 0.1) is 0 Å². The number of guanidine groups is 1. The highest BCUT2D eigenvalue weighted by Crippen LogP contribution is 2.05. The van der Waals surface area contributed by atoms with E-state index >= 15 is 0 Å². The number of H-pyrrole nitrogens is 1. The van der Waals surface area contributed by atoms with Crippen LogP contribution < -0.4 is 33.2 Å². The summed E-state index contributed by atoms with van der Waals surface area (Å²) in [5, 5.41) is 25.3. The van der Waals surface area contributed by atoms with E-state index in [2.05, 4.69) is 43.5 Å². The lowest BCUT2D eigenvalue weighted by Crippen LogP contribution is -2.57. The Kier molecular flexibility index (Phi) is 13.5. The van der Waals surface area contributed by atoms with Crippen molar-refractivity contribution in [3.8, 4) is 0 Å². The van der Waals surface area contributed by atoms with Crippen LogP contribution in [0.15, 0.2) is 17.5 Å². The van der Waals surface area contributed by atoms with E-state index in [9.17, 15) is 29.1 Å². The molecule has 0 aliphatic rings. The third-order valence-corrected chi connectivity index (χ3v) is 5.35. The van der Waals surface area contributed by atoms with Gasteiger partial charge in [0.2, 0.25) is 17.7 Å². The van der Waals surface area contributed by atoms with Crippen molar-refractivity contribution < 1.29 is 34.2 Å². The number of hydrogen-bond acceptors (Lipinski definition) is 9. The summed E-state index contributed by atoms with van der Waals surface area (Å²) >= 11 is 4.09. The lowest BCUT2D eigenvalue weighted by molar-refractivity contribution is -0.143. The van der Waals surface area contributed by atoms with Crippen LogP contribution in [-0.2, 0) is 30.4 Å². The van der Waals surface area contributed by atoms with E-state index in [0.717, 1.165) is 0 Å². The summed E-state index contributed by atoms with van der Waals surface area (Å²) in [5.41, 5.74) is 17.1. The molecule has 4 unspecified atom stereocenters. The van der Waals surface area contributed by atoms with Gasteiger partial charge in [-0.2, -0.15) is 12.6 Å². The molecule has 1 aromatic rings. The Morgan fingerprint density at radius 1 is 1.00 bits per heavy atom. The van der Waals surface area contributed by atoms with E-state index in [1.807, 2.05) is 0 Å². The largest absolute Gasteiger partial charge is 0.481 e. The molecule has 0 saturated carbocycles. The zero-order chi connectivity index (χ0) is 28.0. The Morgan fingerprint density at radius 2 is 1.62 bits per heavy atom. The molecule has 206 valence electrons. The summed E-state index contributed by atoms with van der Waals surface area (Å²) in [6, 6.07) is -4.91. The number of rotatable bonds is 17. The number of imidazole rings is 1. The van der Waals surface area contributed by atoms with Crippen molar-refractivity contribution in [3.05, 3.63) is 18.2 Å². The van der Waals surface area contributed by atoms with E-state index in [4.69, 9.17) is 22.3 Å². The molecular formula is C20H33N9O7S. The molecule has 4 atom stereocenters. The van der Waals surface area contributed by atoms with Gasteiger partial charge in [-0.25, -0.2) is 9.78 Å². The maximum atomic E-state index is 12.9. The predicted molar refractivity (Wildman–Crippen MR) is 134 cm³/mol. The fourth-order valence-electron chi connectivity index (χ4n) is 3.04. The van der Waals surface area contributed by atoms with Crippen LogP contribution in [0.5, 0.6) is 0 Å². The van der Waals surface area contributed by atoms with Gasteiger partial charge in [0.15, 0.2) is 5.96 Å². The quantitative estimate of drug-likeness (QED) is 0.0401. The van der Waals surface area contributed by atoms with Crippen molar-refractivity contribution in [1.29, 1.82) is 0 Å². The first-order valence-electron chi connectivity index (χ1n) is 11.2. The normalized spacial score (nSPS) is 13.9. The molecule has 16 nitrogen and oxygen atoms in total. The van der Waals surface area contributed by atoms with E-state index in [1.54, 1.807) is 0 Å². The fourth-order valence-corrected chi connectivity index (χ4v) is 3.30. The van der Waals surface area contributed by atoms with Crippen molar-refractivity contribution in [2.24, 2.45) is 22.2 Å². The average Bonchev–Trinajstić information content (AvgIpc) is 3.33. The molecule has 0 bridgehead atoms. The van der Waals surface area contributed by atoms with Crippen molar-refractivity contribution in [1.82, 2.24) is 25.9 Å². The Balaban J connectivity index is 2.89. The molecule has 0 fully saturated rings. The van der Waals surface area contributed by atoms with Gasteiger partial charge in [0.1, 0.15) is 18.1 Å². The van der Waals surface area contributed by atoms with Gasteiger partial charge in [-0.3, -0.25) is 24.2 Å². The summed E-state index contributed by atoms with van der Waals surface area (Å²) in [6.45, 7) is 0.124. The molecular weight excluding hydrogens is 510 g/mol. The van der Waals surface area contributed by atoms with Gasteiger partial charge in [-0.15, -0.1) is 0 Å². The van der Waals surface area contributed by atoms with Crippen LogP contribution in [-0.4, -0.2) is 92.3 Å².